The number of ether oxygens (including phenoxy) is 1. The Labute approximate surface area is 100 Å². The highest BCUT2D eigenvalue weighted by molar-refractivity contribution is 5.79. The van der Waals surface area contributed by atoms with Crippen LogP contribution in [0.15, 0.2) is 18.6 Å². The van der Waals surface area contributed by atoms with E-state index < -0.39 is 0 Å². The molecule has 2 heterocycles. The number of aromatic amines is 1. The van der Waals surface area contributed by atoms with Crippen LogP contribution in [0.25, 0.3) is 11.0 Å². The van der Waals surface area contributed by atoms with Crippen LogP contribution in [0.4, 0.5) is 0 Å². The zero-order valence-electron chi connectivity index (χ0n) is 9.85. The molecule has 0 atom stereocenters. The van der Waals surface area contributed by atoms with E-state index in [2.05, 4.69) is 15.0 Å². The summed E-state index contributed by atoms with van der Waals surface area (Å²) in [6.45, 7) is 0.783. The molecule has 1 fully saturated rings. The fraction of sp³-hybridized carbons (Fsp3) is 0.538. The molecule has 1 saturated carbocycles. The van der Waals surface area contributed by atoms with Crippen molar-refractivity contribution in [1.82, 2.24) is 15.0 Å². The second-order valence-corrected chi connectivity index (χ2v) is 4.73. The molecule has 2 aromatic heterocycles. The molecule has 0 bridgehead atoms. The Hall–Kier alpha value is -1.58. The molecule has 1 N–H and O–H groups in total. The summed E-state index contributed by atoms with van der Waals surface area (Å²) in [5.41, 5.74) is 1.82. The van der Waals surface area contributed by atoms with Crippen molar-refractivity contribution in [2.45, 2.75) is 32.1 Å². The van der Waals surface area contributed by atoms with Crippen LogP contribution in [0.5, 0.6) is 5.88 Å². The number of hydrogen-bond acceptors (Lipinski definition) is 3. The molecule has 0 unspecified atom stereocenters. The maximum atomic E-state index is 5.83. The monoisotopic (exact) mass is 231 g/mol. The Balaban J connectivity index is 1.69. The predicted octanol–water partition coefficient (Wildman–Crippen LogP) is 2.92. The van der Waals surface area contributed by atoms with Gasteiger partial charge in [0.2, 0.25) is 5.88 Å². The van der Waals surface area contributed by atoms with Crippen LogP contribution < -0.4 is 4.74 Å². The SMILES string of the molecule is c1nc(OCC2CCCCC2)c2[nH]ccc2n1. The standard InChI is InChI=1S/C13H17N3O/c1-2-4-10(5-3-1)8-17-13-12-11(6-7-14-12)15-9-16-13/h6-7,9-10,14H,1-5,8H2. The van der Waals surface area contributed by atoms with Crippen LogP contribution in [-0.2, 0) is 0 Å². The Morgan fingerprint density at radius 3 is 3.00 bits per heavy atom. The lowest BCUT2D eigenvalue weighted by molar-refractivity contribution is 0.204. The van der Waals surface area contributed by atoms with E-state index >= 15 is 0 Å². The number of aromatic nitrogens is 3. The molecule has 0 saturated heterocycles. The van der Waals surface area contributed by atoms with E-state index in [-0.39, 0.29) is 0 Å². The average Bonchev–Trinajstić information content (AvgIpc) is 2.86. The largest absolute Gasteiger partial charge is 0.476 e. The van der Waals surface area contributed by atoms with E-state index in [0.717, 1.165) is 17.6 Å². The third-order valence-electron chi connectivity index (χ3n) is 3.49. The lowest BCUT2D eigenvalue weighted by Crippen LogP contribution is -2.15. The summed E-state index contributed by atoms with van der Waals surface area (Å²) < 4.78 is 5.83. The van der Waals surface area contributed by atoms with Crippen molar-refractivity contribution in [2.75, 3.05) is 6.61 Å². The Bertz CT molecular complexity index is 488. The van der Waals surface area contributed by atoms with Gasteiger partial charge >= 0.3 is 0 Å². The third kappa shape index (κ3) is 2.25. The fourth-order valence-electron chi connectivity index (χ4n) is 2.51. The minimum Gasteiger partial charge on any atom is -0.476 e. The molecule has 0 amide bonds. The lowest BCUT2D eigenvalue weighted by atomic mass is 9.90. The van der Waals surface area contributed by atoms with Gasteiger partial charge in [0.15, 0.2) is 0 Å². The van der Waals surface area contributed by atoms with E-state index in [0.29, 0.717) is 11.8 Å². The van der Waals surface area contributed by atoms with Gasteiger partial charge in [-0.25, -0.2) is 4.98 Å². The zero-order chi connectivity index (χ0) is 11.5. The Kier molecular flexibility index (Phi) is 2.94. The van der Waals surface area contributed by atoms with Gasteiger partial charge < -0.3 is 9.72 Å². The van der Waals surface area contributed by atoms with E-state index in [1.807, 2.05) is 12.3 Å². The summed E-state index contributed by atoms with van der Waals surface area (Å²) in [4.78, 5) is 11.5. The minimum absolute atomic E-state index is 0.686. The molecule has 0 aromatic carbocycles. The first kappa shape index (κ1) is 10.6. The summed E-state index contributed by atoms with van der Waals surface area (Å²) in [6, 6.07) is 1.94. The quantitative estimate of drug-likeness (QED) is 0.883. The van der Waals surface area contributed by atoms with Crippen LogP contribution in [0, 0.1) is 5.92 Å². The highest BCUT2D eigenvalue weighted by Crippen LogP contribution is 2.25. The summed E-state index contributed by atoms with van der Waals surface area (Å²) in [7, 11) is 0. The van der Waals surface area contributed by atoms with Gasteiger partial charge in [-0.2, -0.15) is 4.98 Å². The molecule has 4 heteroatoms. The van der Waals surface area contributed by atoms with Crippen molar-refractivity contribution >= 4 is 11.0 Å². The smallest absolute Gasteiger partial charge is 0.241 e. The molecule has 4 nitrogen and oxygen atoms in total. The Morgan fingerprint density at radius 1 is 1.24 bits per heavy atom. The van der Waals surface area contributed by atoms with Crippen molar-refractivity contribution in [3.05, 3.63) is 18.6 Å². The van der Waals surface area contributed by atoms with Gasteiger partial charge in [0, 0.05) is 6.20 Å². The van der Waals surface area contributed by atoms with Gasteiger partial charge in [0.25, 0.3) is 0 Å². The van der Waals surface area contributed by atoms with Crippen LogP contribution in [0.3, 0.4) is 0 Å². The molecule has 3 rings (SSSR count). The van der Waals surface area contributed by atoms with Gasteiger partial charge in [-0.1, -0.05) is 19.3 Å². The first-order chi connectivity index (χ1) is 8.43. The normalized spacial score (nSPS) is 17.4. The second-order valence-electron chi connectivity index (χ2n) is 4.73. The van der Waals surface area contributed by atoms with Crippen LogP contribution >= 0.6 is 0 Å². The van der Waals surface area contributed by atoms with E-state index in [9.17, 15) is 0 Å². The number of nitrogens with one attached hydrogen (secondary N) is 1. The third-order valence-corrected chi connectivity index (χ3v) is 3.49. The maximum Gasteiger partial charge on any atom is 0.241 e. The molecule has 0 spiro atoms. The van der Waals surface area contributed by atoms with Gasteiger partial charge in [-0.3, -0.25) is 0 Å². The first-order valence-electron chi connectivity index (χ1n) is 6.34. The van der Waals surface area contributed by atoms with E-state index in [1.165, 1.54) is 32.1 Å². The summed E-state index contributed by atoms with van der Waals surface area (Å²) in [5.74, 6) is 1.38. The first-order valence-corrected chi connectivity index (χ1v) is 6.34. The molecule has 1 aliphatic carbocycles. The Morgan fingerprint density at radius 2 is 2.12 bits per heavy atom. The predicted molar refractivity (Wildman–Crippen MR) is 66.0 cm³/mol. The topological polar surface area (TPSA) is 50.8 Å². The van der Waals surface area contributed by atoms with Gasteiger partial charge in [0.05, 0.1) is 12.1 Å². The van der Waals surface area contributed by atoms with Crippen molar-refractivity contribution in [1.29, 1.82) is 0 Å². The number of nitrogens with zero attached hydrogens (tertiary/aromatic N) is 2. The highest BCUT2D eigenvalue weighted by Gasteiger charge is 2.15. The molecular weight excluding hydrogens is 214 g/mol. The number of H-pyrrole nitrogens is 1. The van der Waals surface area contributed by atoms with Crippen molar-refractivity contribution in [2.24, 2.45) is 5.92 Å². The highest BCUT2D eigenvalue weighted by atomic mass is 16.5. The van der Waals surface area contributed by atoms with E-state index in [1.54, 1.807) is 6.33 Å². The average molecular weight is 231 g/mol. The molecule has 1 aliphatic rings. The van der Waals surface area contributed by atoms with Gasteiger partial charge in [-0.05, 0) is 24.8 Å². The molecule has 0 radical (unpaired) electrons. The number of hydrogen-bond donors (Lipinski definition) is 1. The van der Waals surface area contributed by atoms with Crippen LogP contribution in [-0.4, -0.2) is 21.6 Å². The van der Waals surface area contributed by atoms with Crippen molar-refractivity contribution < 1.29 is 4.74 Å². The minimum atomic E-state index is 0.686. The molecule has 17 heavy (non-hydrogen) atoms. The van der Waals surface area contributed by atoms with Crippen LogP contribution in [0.2, 0.25) is 0 Å². The number of rotatable bonds is 3. The zero-order valence-corrected chi connectivity index (χ0v) is 9.85. The summed E-state index contributed by atoms with van der Waals surface area (Å²) in [6.07, 6.45) is 10.1. The maximum absolute atomic E-state index is 5.83. The second kappa shape index (κ2) is 4.73. The van der Waals surface area contributed by atoms with E-state index in [4.69, 9.17) is 4.74 Å². The van der Waals surface area contributed by atoms with Gasteiger partial charge in [0.1, 0.15) is 11.8 Å². The fourth-order valence-corrected chi connectivity index (χ4v) is 2.51. The number of fused-ring (bicyclic) bond motifs is 1. The van der Waals surface area contributed by atoms with Crippen molar-refractivity contribution in [3.8, 4) is 5.88 Å². The lowest BCUT2D eigenvalue weighted by Gasteiger charge is -2.21. The molecule has 2 aromatic rings. The summed E-state index contributed by atoms with van der Waals surface area (Å²) >= 11 is 0. The van der Waals surface area contributed by atoms with Crippen molar-refractivity contribution in [3.63, 3.8) is 0 Å². The molecule has 0 aliphatic heterocycles. The molecular formula is C13H17N3O. The summed E-state index contributed by atoms with van der Waals surface area (Å²) in [5, 5.41) is 0. The van der Waals surface area contributed by atoms with Gasteiger partial charge in [-0.15, -0.1) is 0 Å². The van der Waals surface area contributed by atoms with Crippen LogP contribution in [0.1, 0.15) is 32.1 Å². The molecule has 90 valence electrons.